The smallest absolute Gasteiger partial charge is 0.187 e. The summed E-state index contributed by atoms with van der Waals surface area (Å²) in [6, 6.07) is 10.4. The molecular formula is C8H8N+. The third kappa shape index (κ3) is 0.854. The molecule has 2 rings (SSSR count). The van der Waals surface area contributed by atoms with Gasteiger partial charge >= 0.3 is 0 Å². The van der Waals surface area contributed by atoms with Gasteiger partial charge in [0.05, 0.1) is 0 Å². The van der Waals surface area contributed by atoms with Crippen LogP contribution in [0.15, 0.2) is 30.3 Å². The van der Waals surface area contributed by atoms with Crippen LogP contribution in [0.1, 0.15) is 0 Å². The molecule has 0 saturated heterocycles. The van der Waals surface area contributed by atoms with E-state index >= 15 is 0 Å². The van der Waals surface area contributed by atoms with E-state index in [-0.39, 0.29) is 0 Å². The summed E-state index contributed by atoms with van der Waals surface area (Å²) >= 11 is 0. The van der Waals surface area contributed by atoms with Crippen LogP contribution in [0.25, 0.3) is 0 Å². The molecule has 1 heteroatoms. The molecule has 0 amide bonds. The number of para-hydroxylation sites is 1. The predicted molar refractivity (Wildman–Crippen MR) is 37.3 cm³/mol. The first-order valence-corrected chi connectivity index (χ1v) is 3.12. The van der Waals surface area contributed by atoms with Crippen molar-refractivity contribution in [3.63, 3.8) is 0 Å². The number of rotatable bonds is 1. The van der Waals surface area contributed by atoms with Crippen LogP contribution in [-0.2, 0) is 0 Å². The van der Waals surface area contributed by atoms with Gasteiger partial charge in [0, 0.05) is 12.1 Å². The van der Waals surface area contributed by atoms with Crippen LogP contribution >= 0.6 is 0 Å². The Kier molecular flexibility index (Phi) is 0.890. The van der Waals surface area contributed by atoms with Crippen LogP contribution in [0.5, 0.6) is 0 Å². The van der Waals surface area contributed by atoms with Gasteiger partial charge in [-0.3, -0.25) is 0 Å². The standard InChI is InChI=1S/C8H8N/c1-2-4-8(5-3-1)9-6-7-9/h1-6H,7H2/q+1. The summed E-state index contributed by atoms with van der Waals surface area (Å²) in [6.07, 6.45) is 2.16. The van der Waals surface area contributed by atoms with Gasteiger partial charge in [0.25, 0.3) is 0 Å². The van der Waals surface area contributed by atoms with Gasteiger partial charge in [0.2, 0.25) is 18.4 Å². The molecule has 1 aliphatic rings. The lowest BCUT2D eigenvalue weighted by atomic mass is 10.3. The minimum Gasteiger partial charge on any atom is -0.187 e. The third-order valence-corrected chi connectivity index (χ3v) is 1.45. The summed E-state index contributed by atoms with van der Waals surface area (Å²) < 4.78 is 2.21. The van der Waals surface area contributed by atoms with Gasteiger partial charge in [-0.2, -0.15) is 4.58 Å². The summed E-state index contributed by atoms with van der Waals surface area (Å²) in [5, 5.41) is 0. The van der Waals surface area contributed by atoms with E-state index in [2.05, 4.69) is 35.1 Å². The molecule has 1 aliphatic heterocycles. The Labute approximate surface area is 54.3 Å². The van der Waals surface area contributed by atoms with E-state index in [4.69, 9.17) is 0 Å². The van der Waals surface area contributed by atoms with Gasteiger partial charge in [0.15, 0.2) is 0 Å². The molecule has 0 saturated carbocycles. The minimum absolute atomic E-state index is 1.12. The summed E-state index contributed by atoms with van der Waals surface area (Å²) in [6.45, 7) is 1.12. The lowest BCUT2D eigenvalue weighted by Gasteiger charge is -1.82. The van der Waals surface area contributed by atoms with Crippen molar-refractivity contribution in [1.82, 2.24) is 0 Å². The quantitative estimate of drug-likeness (QED) is 0.490. The maximum absolute atomic E-state index is 2.21. The van der Waals surface area contributed by atoms with Crippen LogP contribution in [0.3, 0.4) is 0 Å². The van der Waals surface area contributed by atoms with Crippen molar-refractivity contribution in [1.29, 1.82) is 0 Å². The summed E-state index contributed by atoms with van der Waals surface area (Å²) in [7, 11) is 0. The third-order valence-electron chi connectivity index (χ3n) is 1.45. The molecule has 0 N–H and O–H groups in total. The maximum atomic E-state index is 2.21. The van der Waals surface area contributed by atoms with E-state index in [1.54, 1.807) is 0 Å². The van der Waals surface area contributed by atoms with Crippen molar-refractivity contribution in [2.24, 2.45) is 0 Å². The number of hydrogen-bond donors (Lipinski definition) is 0. The number of benzene rings is 1. The number of hydrogen-bond acceptors (Lipinski definition) is 0. The zero-order valence-electron chi connectivity index (χ0n) is 5.12. The monoisotopic (exact) mass is 118 g/mol. The first-order valence-electron chi connectivity index (χ1n) is 3.12. The second-order valence-electron chi connectivity index (χ2n) is 2.17. The fourth-order valence-corrected chi connectivity index (χ4v) is 0.871. The fourth-order valence-electron chi connectivity index (χ4n) is 0.871. The number of nitrogens with zero attached hydrogens (tertiary/aromatic N) is 1. The molecule has 0 aromatic heterocycles. The van der Waals surface area contributed by atoms with E-state index in [1.807, 2.05) is 6.07 Å². The highest BCUT2D eigenvalue weighted by molar-refractivity contribution is 5.64. The van der Waals surface area contributed by atoms with E-state index in [0.29, 0.717) is 0 Å². The zero-order chi connectivity index (χ0) is 6.10. The van der Waals surface area contributed by atoms with Crippen LogP contribution in [0, 0.1) is 0 Å². The molecule has 0 fully saturated rings. The molecule has 0 bridgehead atoms. The average Bonchev–Trinajstić information content (AvgIpc) is 2.71. The van der Waals surface area contributed by atoms with Crippen LogP contribution in [0.2, 0.25) is 0 Å². The summed E-state index contributed by atoms with van der Waals surface area (Å²) in [5.41, 5.74) is 1.30. The Hall–Kier alpha value is -1.11. The van der Waals surface area contributed by atoms with Crippen molar-refractivity contribution < 1.29 is 4.58 Å². The fraction of sp³-hybridized carbons (Fsp3) is 0.125. The highest BCUT2D eigenvalue weighted by atomic mass is 15.1. The zero-order valence-corrected chi connectivity index (χ0v) is 5.12. The molecule has 1 aromatic rings. The van der Waals surface area contributed by atoms with Gasteiger partial charge in [-0.1, -0.05) is 18.2 Å². The van der Waals surface area contributed by atoms with Crippen molar-refractivity contribution in [3.05, 3.63) is 30.3 Å². The molecule has 0 spiro atoms. The molecule has 1 nitrogen and oxygen atoms in total. The highest BCUT2D eigenvalue weighted by Crippen LogP contribution is 2.12. The molecule has 0 radical (unpaired) electrons. The second-order valence-corrected chi connectivity index (χ2v) is 2.17. The highest BCUT2D eigenvalue weighted by Gasteiger charge is 2.18. The van der Waals surface area contributed by atoms with Crippen LogP contribution < -0.4 is 0 Å². The maximum Gasteiger partial charge on any atom is 0.224 e. The molecule has 0 unspecified atom stereocenters. The Bertz CT molecular complexity index is 236. The largest absolute Gasteiger partial charge is 0.224 e. The normalized spacial score (nSPS) is 14.9. The van der Waals surface area contributed by atoms with E-state index in [9.17, 15) is 0 Å². The molecule has 1 heterocycles. The minimum atomic E-state index is 1.12. The second kappa shape index (κ2) is 1.69. The van der Waals surface area contributed by atoms with Gasteiger partial charge in [-0.25, -0.2) is 0 Å². The van der Waals surface area contributed by atoms with Crippen molar-refractivity contribution >= 4 is 11.9 Å². The van der Waals surface area contributed by atoms with Crippen molar-refractivity contribution in [2.45, 2.75) is 0 Å². The van der Waals surface area contributed by atoms with Gasteiger partial charge in [-0.15, -0.1) is 0 Å². The van der Waals surface area contributed by atoms with Gasteiger partial charge in [0.1, 0.15) is 0 Å². The van der Waals surface area contributed by atoms with E-state index < -0.39 is 0 Å². The Morgan fingerprint density at radius 2 is 1.78 bits per heavy atom. The molecule has 0 atom stereocenters. The molecule has 9 heavy (non-hydrogen) atoms. The Balaban J connectivity index is 2.40. The first kappa shape index (κ1) is 4.74. The van der Waals surface area contributed by atoms with Crippen LogP contribution in [-0.4, -0.2) is 17.3 Å². The van der Waals surface area contributed by atoms with Crippen molar-refractivity contribution in [2.75, 3.05) is 6.54 Å². The lowest BCUT2D eigenvalue weighted by molar-refractivity contribution is -0.340. The average molecular weight is 118 g/mol. The first-order chi connectivity index (χ1) is 4.47. The van der Waals surface area contributed by atoms with Crippen LogP contribution in [0.4, 0.5) is 5.69 Å². The van der Waals surface area contributed by atoms with E-state index in [1.165, 1.54) is 5.69 Å². The van der Waals surface area contributed by atoms with Gasteiger partial charge < -0.3 is 0 Å². The Morgan fingerprint density at radius 3 is 2.33 bits per heavy atom. The topological polar surface area (TPSA) is 3.01 Å². The Morgan fingerprint density at radius 1 is 1.11 bits per heavy atom. The SMILES string of the molecule is C1=[N+](c2ccccc2)C1. The summed E-state index contributed by atoms with van der Waals surface area (Å²) in [4.78, 5) is 0. The molecular weight excluding hydrogens is 110 g/mol. The summed E-state index contributed by atoms with van der Waals surface area (Å²) in [5.74, 6) is 0. The molecule has 1 aromatic carbocycles. The van der Waals surface area contributed by atoms with Crippen molar-refractivity contribution in [3.8, 4) is 0 Å². The molecule has 0 aliphatic carbocycles. The van der Waals surface area contributed by atoms with E-state index in [0.717, 1.165) is 6.54 Å². The predicted octanol–water partition coefficient (Wildman–Crippen LogP) is 1.41. The molecule has 44 valence electrons. The lowest BCUT2D eigenvalue weighted by Crippen LogP contribution is -1.77. The van der Waals surface area contributed by atoms with Gasteiger partial charge in [-0.05, 0) is 0 Å².